The number of hydrogen-bond acceptors (Lipinski definition) is 6. The summed E-state index contributed by atoms with van der Waals surface area (Å²) in [6.45, 7) is 2.98. The van der Waals surface area contributed by atoms with Gasteiger partial charge in [0, 0.05) is 18.6 Å². The number of nitrogens with zero attached hydrogens (tertiary/aromatic N) is 1. The lowest BCUT2D eigenvalue weighted by atomic mass is 10.3. The highest BCUT2D eigenvalue weighted by Crippen LogP contribution is 2.41. The van der Waals surface area contributed by atoms with E-state index in [4.69, 9.17) is 5.73 Å². The molecule has 1 unspecified atom stereocenters. The highest BCUT2D eigenvalue weighted by molar-refractivity contribution is 7.99. The van der Waals surface area contributed by atoms with Crippen LogP contribution in [0.15, 0.2) is 4.90 Å². The van der Waals surface area contributed by atoms with E-state index in [1.54, 1.807) is 11.8 Å². The lowest BCUT2D eigenvalue weighted by molar-refractivity contribution is 0.0956. The highest BCUT2D eigenvalue weighted by Gasteiger charge is 2.27. The van der Waals surface area contributed by atoms with Crippen LogP contribution in [0.25, 0.3) is 0 Å². The van der Waals surface area contributed by atoms with Gasteiger partial charge in [-0.3, -0.25) is 4.79 Å². The average molecular weight is 329 g/mol. The Balaban J connectivity index is 2.11. The maximum Gasteiger partial charge on any atom is 0.263 e. The van der Waals surface area contributed by atoms with E-state index >= 15 is 0 Å². The van der Waals surface area contributed by atoms with Crippen molar-refractivity contribution in [3.63, 3.8) is 0 Å². The number of carbonyl (C=O) groups excluding carboxylic acids is 1. The van der Waals surface area contributed by atoms with Crippen molar-refractivity contribution in [2.75, 3.05) is 37.9 Å². The third kappa shape index (κ3) is 4.05. The molecule has 21 heavy (non-hydrogen) atoms. The van der Waals surface area contributed by atoms with E-state index in [1.807, 2.05) is 6.26 Å². The Kier molecular flexibility index (Phi) is 5.40. The van der Waals surface area contributed by atoms with E-state index in [2.05, 4.69) is 36.6 Å². The van der Waals surface area contributed by atoms with Crippen molar-refractivity contribution in [2.24, 2.45) is 0 Å². The van der Waals surface area contributed by atoms with Gasteiger partial charge >= 0.3 is 0 Å². The summed E-state index contributed by atoms with van der Waals surface area (Å²) in [5.41, 5.74) is 6.76. The number of likely N-dealkylation sites (N-methyl/N-ethyl adjacent to an activating group) is 1. The highest BCUT2D eigenvalue weighted by atomic mass is 32.2. The molecule has 0 aliphatic heterocycles. The van der Waals surface area contributed by atoms with Crippen molar-refractivity contribution in [1.82, 2.24) is 10.2 Å². The molecule has 1 atom stereocenters. The summed E-state index contributed by atoms with van der Waals surface area (Å²) in [7, 11) is 4.11. The van der Waals surface area contributed by atoms with Gasteiger partial charge in [-0.15, -0.1) is 23.1 Å². The predicted molar refractivity (Wildman–Crippen MR) is 92.6 cm³/mol. The molecule has 0 saturated heterocycles. The van der Waals surface area contributed by atoms with E-state index in [0.717, 1.165) is 29.3 Å². The maximum absolute atomic E-state index is 12.2. The van der Waals surface area contributed by atoms with Crippen molar-refractivity contribution < 1.29 is 4.79 Å². The molecular formula is C14H24N4OS2. The molecule has 1 fully saturated rings. The Morgan fingerprint density at radius 1 is 1.52 bits per heavy atom. The third-order valence-electron chi connectivity index (χ3n) is 3.66. The van der Waals surface area contributed by atoms with Crippen LogP contribution in [0, 0.1) is 0 Å². The SMILES string of the molecule is CSc1c(NCC(C)N(C)C)sc(C(=O)NC2CC2)c1N. The van der Waals surface area contributed by atoms with Gasteiger partial charge in [0.05, 0.1) is 10.6 Å². The number of anilines is 2. The first-order valence-electron chi connectivity index (χ1n) is 7.11. The van der Waals surface area contributed by atoms with Crippen molar-refractivity contribution in [3.8, 4) is 0 Å². The van der Waals surface area contributed by atoms with E-state index in [-0.39, 0.29) is 5.91 Å². The van der Waals surface area contributed by atoms with Crippen LogP contribution in [-0.4, -0.2) is 49.8 Å². The molecule has 1 heterocycles. The van der Waals surface area contributed by atoms with E-state index in [0.29, 0.717) is 22.6 Å². The van der Waals surface area contributed by atoms with E-state index in [9.17, 15) is 4.79 Å². The Hall–Kier alpha value is -0.920. The number of amides is 1. The predicted octanol–water partition coefficient (Wildman–Crippen LogP) is 2.31. The molecule has 1 aliphatic carbocycles. The molecule has 5 nitrogen and oxygen atoms in total. The van der Waals surface area contributed by atoms with Gasteiger partial charge in [-0.2, -0.15) is 0 Å². The van der Waals surface area contributed by atoms with Gasteiger partial charge in [0.25, 0.3) is 5.91 Å². The summed E-state index contributed by atoms with van der Waals surface area (Å²) in [4.78, 5) is 16.0. The molecular weight excluding hydrogens is 304 g/mol. The first kappa shape index (κ1) is 16.5. The lowest BCUT2D eigenvalue weighted by Gasteiger charge is -2.20. The Labute approximate surface area is 134 Å². The monoisotopic (exact) mass is 328 g/mol. The van der Waals surface area contributed by atoms with Crippen molar-refractivity contribution in [1.29, 1.82) is 0 Å². The molecule has 0 aromatic carbocycles. The minimum absolute atomic E-state index is 0.0380. The summed E-state index contributed by atoms with van der Waals surface area (Å²) < 4.78 is 0. The van der Waals surface area contributed by atoms with Gasteiger partial charge in [0.15, 0.2) is 0 Å². The third-order valence-corrected chi connectivity index (χ3v) is 5.79. The first-order valence-corrected chi connectivity index (χ1v) is 9.15. The summed E-state index contributed by atoms with van der Waals surface area (Å²) in [5, 5.41) is 7.43. The zero-order chi connectivity index (χ0) is 15.6. The molecule has 118 valence electrons. The van der Waals surface area contributed by atoms with Crippen LogP contribution < -0.4 is 16.4 Å². The fourth-order valence-electron chi connectivity index (χ4n) is 1.82. The van der Waals surface area contributed by atoms with Gasteiger partial charge in [-0.1, -0.05) is 0 Å². The first-order chi connectivity index (χ1) is 9.93. The summed E-state index contributed by atoms with van der Waals surface area (Å²) >= 11 is 3.04. The van der Waals surface area contributed by atoms with Crippen LogP contribution in [0.5, 0.6) is 0 Å². The Bertz CT molecular complexity index is 511. The van der Waals surface area contributed by atoms with Crippen LogP contribution in [0.4, 0.5) is 10.7 Å². The molecule has 0 radical (unpaired) electrons. The summed E-state index contributed by atoms with van der Waals surface area (Å²) in [6, 6.07) is 0.758. The number of nitrogen functional groups attached to an aromatic ring is 1. The van der Waals surface area contributed by atoms with Crippen LogP contribution in [-0.2, 0) is 0 Å². The molecule has 1 aromatic heterocycles. The number of thiophene rings is 1. The average Bonchev–Trinajstić information content (AvgIpc) is 3.18. The largest absolute Gasteiger partial charge is 0.396 e. The number of nitrogens with one attached hydrogen (secondary N) is 2. The number of hydrogen-bond donors (Lipinski definition) is 3. The quantitative estimate of drug-likeness (QED) is 0.670. The zero-order valence-electron chi connectivity index (χ0n) is 13.0. The smallest absolute Gasteiger partial charge is 0.263 e. The van der Waals surface area contributed by atoms with Gasteiger partial charge in [0.1, 0.15) is 9.88 Å². The standard InChI is InChI=1S/C14H24N4OS2/c1-8(18(2)3)7-16-14-12(20-4)10(15)11(21-14)13(19)17-9-5-6-9/h8-9,16H,5-7,15H2,1-4H3,(H,17,19). The van der Waals surface area contributed by atoms with Crippen molar-refractivity contribution in [3.05, 3.63) is 4.88 Å². The molecule has 1 aliphatic rings. The van der Waals surface area contributed by atoms with Crippen LogP contribution in [0.1, 0.15) is 29.4 Å². The Morgan fingerprint density at radius 3 is 2.71 bits per heavy atom. The number of rotatable bonds is 7. The van der Waals surface area contributed by atoms with Crippen LogP contribution in [0.2, 0.25) is 0 Å². The second-order valence-corrected chi connectivity index (χ2v) is 7.49. The van der Waals surface area contributed by atoms with Crippen molar-refractivity contribution in [2.45, 2.75) is 36.7 Å². The number of nitrogens with two attached hydrogens (primary N) is 1. The second-order valence-electron chi connectivity index (χ2n) is 5.65. The second kappa shape index (κ2) is 6.89. The van der Waals surface area contributed by atoms with Gasteiger partial charge in [-0.05, 0) is 40.1 Å². The normalized spacial score (nSPS) is 16.0. The fraction of sp³-hybridized carbons (Fsp3) is 0.643. The van der Waals surface area contributed by atoms with Crippen LogP contribution >= 0.6 is 23.1 Å². The molecule has 4 N–H and O–H groups in total. The van der Waals surface area contributed by atoms with Gasteiger partial charge in [-0.25, -0.2) is 0 Å². The van der Waals surface area contributed by atoms with Gasteiger partial charge < -0.3 is 21.3 Å². The molecule has 0 bridgehead atoms. The molecule has 1 saturated carbocycles. The minimum atomic E-state index is -0.0380. The van der Waals surface area contributed by atoms with Crippen molar-refractivity contribution >= 4 is 39.7 Å². The number of carbonyl (C=O) groups is 1. The van der Waals surface area contributed by atoms with E-state index < -0.39 is 0 Å². The fourth-order valence-corrected chi connectivity index (χ4v) is 3.76. The number of thioether (sulfide) groups is 1. The van der Waals surface area contributed by atoms with E-state index in [1.165, 1.54) is 11.3 Å². The summed E-state index contributed by atoms with van der Waals surface area (Å²) in [5.74, 6) is -0.0380. The minimum Gasteiger partial charge on any atom is -0.396 e. The Morgan fingerprint density at radius 2 is 2.19 bits per heavy atom. The lowest BCUT2D eigenvalue weighted by Crippen LogP contribution is -2.31. The summed E-state index contributed by atoms with van der Waals surface area (Å²) in [6.07, 6.45) is 4.15. The molecule has 0 spiro atoms. The zero-order valence-corrected chi connectivity index (χ0v) is 14.7. The molecule has 1 aromatic rings. The topological polar surface area (TPSA) is 70.4 Å². The molecule has 7 heteroatoms. The molecule has 2 rings (SSSR count). The van der Waals surface area contributed by atoms with Crippen LogP contribution in [0.3, 0.4) is 0 Å². The van der Waals surface area contributed by atoms with Gasteiger partial charge in [0.2, 0.25) is 0 Å². The maximum atomic E-state index is 12.2. The molecule has 1 amide bonds.